The number of carbonyl (C=O) groups excluding carboxylic acids is 2. The molecule has 0 spiro atoms. The summed E-state index contributed by atoms with van der Waals surface area (Å²) in [6.07, 6.45) is 0. The highest BCUT2D eigenvalue weighted by Crippen LogP contribution is 2.50. The lowest BCUT2D eigenvalue weighted by atomic mass is 9.99. The summed E-state index contributed by atoms with van der Waals surface area (Å²) < 4.78 is 26.8. The summed E-state index contributed by atoms with van der Waals surface area (Å²) in [4.78, 5) is 28.2. The van der Waals surface area contributed by atoms with Gasteiger partial charge in [-0.2, -0.15) is 5.10 Å². The molecule has 8 nitrogen and oxygen atoms in total. The number of carbonyl (C=O) groups is 2. The predicted octanol–water partition coefficient (Wildman–Crippen LogP) is 5.10. The molecule has 1 aromatic heterocycles. The minimum atomic E-state index is -0.386. The second kappa shape index (κ2) is 10.7. The van der Waals surface area contributed by atoms with Crippen molar-refractivity contribution in [3.8, 4) is 28.4 Å². The number of halogens is 1. The van der Waals surface area contributed by atoms with Gasteiger partial charge in [0.15, 0.2) is 11.5 Å². The van der Waals surface area contributed by atoms with Gasteiger partial charge in [0.25, 0.3) is 0 Å². The van der Waals surface area contributed by atoms with Crippen molar-refractivity contribution in [2.45, 2.75) is 25.1 Å². The Morgan fingerprint density at radius 1 is 1.07 bits per heavy atom. The molecule has 3 heterocycles. The highest BCUT2D eigenvalue weighted by Gasteiger charge is 2.38. The minimum absolute atomic E-state index is 0.0910. The molecule has 2 aliphatic rings. The SMILES string of the molecule is CC(C)NC(=O)CN1C(=O)CS[C@@H](c2ccc3c(c2)OCO3)c2c(-c3ccccc3)nn(-c3ccc(F)cc3)c21. The number of benzene rings is 3. The maximum atomic E-state index is 13.9. The van der Waals surface area contributed by atoms with E-state index in [2.05, 4.69) is 5.32 Å². The Labute approximate surface area is 235 Å². The Morgan fingerprint density at radius 2 is 1.82 bits per heavy atom. The van der Waals surface area contributed by atoms with Gasteiger partial charge in [-0.05, 0) is 55.8 Å². The van der Waals surface area contributed by atoms with Crippen LogP contribution in [0.25, 0.3) is 16.9 Å². The van der Waals surface area contributed by atoms with E-state index in [9.17, 15) is 14.0 Å². The number of ether oxygens (including phenoxy) is 2. The quantitative estimate of drug-likeness (QED) is 0.355. The monoisotopic (exact) mass is 558 g/mol. The number of nitrogens with one attached hydrogen (secondary N) is 1. The van der Waals surface area contributed by atoms with Crippen LogP contribution in [0.5, 0.6) is 11.5 Å². The minimum Gasteiger partial charge on any atom is -0.454 e. The molecule has 40 heavy (non-hydrogen) atoms. The van der Waals surface area contributed by atoms with E-state index in [0.717, 1.165) is 16.7 Å². The van der Waals surface area contributed by atoms with Gasteiger partial charge in [0.2, 0.25) is 18.6 Å². The van der Waals surface area contributed by atoms with Crippen LogP contribution in [0.4, 0.5) is 10.2 Å². The largest absolute Gasteiger partial charge is 0.454 e. The molecule has 0 saturated carbocycles. The maximum absolute atomic E-state index is 13.9. The molecule has 0 unspecified atom stereocenters. The van der Waals surface area contributed by atoms with Gasteiger partial charge in [-0.1, -0.05) is 36.4 Å². The van der Waals surface area contributed by atoms with Crippen LogP contribution in [0.3, 0.4) is 0 Å². The lowest BCUT2D eigenvalue weighted by Crippen LogP contribution is -2.44. The molecule has 4 aromatic rings. The molecular formula is C30H27FN4O4S. The molecule has 0 bridgehead atoms. The summed E-state index contributed by atoms with van der Waals surface area (Å²) in [5, 5.41) is 7.57. The molecule has 6 rings (SSSR count). The molecule has 10 heteroatoms. The third-order valence-corrected chi connectivity index (χ3v) is 7.91. The number of nitrogens with zero attached hydrogens (tertiary/aromatic N) is 3. The summed E-state index contributed by atoms with van der Waals surface area (Å²) in [6, 6.07) is 21.3. The summed E-state index contributed by atoms with van der Waals surface area (Å²) in [6.45, 7) is 3.71. The Balaban J connectivity index is 1.60. The molecule has 0 radical (unpaired) electrons. The molecule has 204 valence electrons. The van der Waals surface area contributed by atoms with Crippen LogP contribution in [-0.4, -0.2) is 46.7 Å². The van der Waals surface area contributed by atoms with Crippen LogP contribution in [0.1, 0.15) is 30.2 Å². The van der Waals surface area contributed by atoms with Gasteiger partial charge in [-0.15, -0.1) is 11.8 Å². The van der Waals surface area contributed by atoms with E-state index in [1.165, 1.54) is 28.8 Å². The van der Waals surface area contributed by atoms with E-state index in [4.69, 9.17) is 14.6 Å². The topological polar surface area (TPSA) is 85.7 Å². The third-order valence-electron chi connectivity index (χ3n) is 6.66. The molecular weight excluding hydrogens is 531 g/mol. The number of fused-ring (bicyclic) bond motifs is 2. The first-order valence-electron chi connectivity index (χ1n) is 12.9. The number of rotatable bonds is 6. The van der Waals surface area contributed by atoms with Crippen molar-refractivity contribution in [2.75, 3.05) is 24.0 Å². The number of aromatic nitrogens is 2. The average molecular weight is 559 g/mol. The molecule has 0 fully saturated rings. The van der Waals surface area contributed by atoms with Gasteiger partial charge in [0, 0.05) is 17.2 Å². The van der Waals surface area contributed by atoms with Crippen molar-refractivity contribution in [2.24, 2.45) is 0 Å². The van der Waals surface area contributed by atoms with Gasteiger partial charge >= 0.3 is 0 Å². The smallest absolute Gasteiger partial charge is 0.240 e. The highest BCUT2D eigenvalue weighted by atomic mass is 32.2. The van der Waals surface area contributed by atoms with E-state index >= 15 is 0 Å². The van der Waals surface area contributed by atoms with Crippen LogP contribution in [0, 0.1) is 5.82 Å². The van der Waals surface area contributed by atoms with Gasteiger partial charge in [0.1, 0.15) is 18.2 Å². The summed E-state index contributed by atoms with van der Waals surface area (Å²) in [5.74, 6) is 1.02. The zero-order valence-corrected chi connectivity index (χ0v) is 22.8. The highest BCUT2D eigenvalue weighted by molar-refractivity contribution is 8.00. The normalized spacial score (nSPS) is 16.1. The third kappa shape index (κ3) is 4.90. The fourth-order valence-electron chi connectivity index (χ4n) is 4.94. The number of hydrogen-bond donors (Lipinski definition) is 1. The van der Waals surface area contributed by atoms with Crippen LogP contribution in [-0.2, 0) is 9.59 Å². The summed E-state index contributed by atoms with van der Waals surface area (Å²) >= 11 is 1.47. The van der Waals surface area contributed by atoms with Crippen LogP contribution in [0.2, 0.25) is 0 Å². The molecule has 3 aromatic carbocycles. The lowest BCUT2D eigenvalue weighted by molar-refractivity contribution is -0.123. The van der Waals surface area contributed by atoms with E-state index in [0.29, 0.717) is 28.7 Å². The van der Waals surface area contributed by atoms with Crippen molar-refractivity contribution in [1.29, 1.82) is 0 Å². The van der Waals surface area contributed by atoms with E-state index in [1.807, 2.05) is 62.4 Å². The van der Waals surface area contributed by atoms with E-state index < -0.39 is 0 Å². The van der Waals surface area contributed by atoms with Crippen molar-refractivity contribution >= 4 is 29.4 Å². The Hall–Kier alpha value is -4.31. The van der Waals surface area contributed by atoms with Crippen LogP contribution < -0.4 is 19.7 Å². The lowest BCUT2D eigenvalue weighted by Gasteiger charge is -2.23. The molecule has 1 atom stereocenters. The Morgan fingerprint density at radius 3 is 2.58 bits per heavy atom. The molecule has 0 saturated heterocycles. The molecule has 0 aliphatic carbocycles. The first-order chi connectivity index (χ1) is 19.4. The van der Waals surface area contributed by atoms with Crippen molar-refractivity contribution in [3.05, 3.63) is 89.7 Å². The first-order valence-corrected chi connectivity index (χ1v) is 14.0. The average Bonchev–Trinajstić information content (AvgIpc) is 3.54. The van der Waals surface area contributed by atoms with Crippen LogP contribution >= 0.6 is 11.8 Å². The van der Waals surface area contributed by atoms with Crippen molar-refractivity contribution < 1.29 is 23.5 Å². The molecule has 2 aliphatic heterocycles. The fourth-order valence-corrected chi connectivity index (χ4v) is 6.13. The molecule has 2 amide bonds. The maximum Gasteiger partial charge on any atom is 0.240 e. The summed E-state index contributed by atoms with van der Waals surface area (Å²) in [7, 11) is 0. The second-order valence-electron chi connectivity index (χ2n) is 9.85. The first kappa shape index (κ1) is 25.9. The van der Waals surface area contributed by atoms with Gasteiger partial charge < -0.3 is 14.8 Å². The Bertz CT molecular complexity index is 1570. The van der Waals surface area contributed by atoms with E-state index in [1.54, 1.807) is 16.8 Å². The van der Waals surface area contributed by atoms with Gasteiger partial charge in [0.05, 0.1) is 22.4 Å². The fraction of sp³-hybridized carbons (Fsp3) is 0.233. The summed E-state index contributed by atoms with van der Waals surface area (Å²) in [5.41, 5.74) is 3.78. The van der Waals surface area contributed by atoms with E-state index in [-0.39, 0.29) is 48.0 Å². The number of thioether (sulfide) groups is 1. The second-order valence-corrected chi connectivity index (χ2v) is 10.9. The van der Waals surface area contributed by atoms with Gasteiger partial charge in [-0.3, -0.25) is 14.5 Å². The number of hydrogen-bond acceptors (Lipinski definition) is 6. The van der Waals surface area contributed by atoms with Crippen molar-refractivity contribution in [3.63, 3.8) is 0 Å². The number of amides is 2. The number of anilines is 1. The zero-order valence-electron chi connectivity index (χ0n) is 22.0. The zero-order chi connectivity index (χ0) is 27.8. The standard InChI is InChI=1S/C30H27FN4O4S/c1-18(2)32-25(36)15-34-26(37)16-40-29(20-8-13-23-24(14-20)39-17-38-23)27-28(19-6-4-3-5-7-19)33-35(30(27)34)22-11-9-21(31)10-12-22/h3-14,18,29H,15-17H2,1-2H3,(H,32,36)/t29-/m0/s1. The predicted molar refractivity (Wildman–Crippen MR) is 151 cm³/mol. The Kier molecular flexibility index (Phi) is 6.93. The van der Waals surface area contributed by atoms with Gasteiger partial charge in [-0.25, -0.2) is 9.07 Å². The van der Waals surface area contributed by atoms with Crippen molar-refractivity contribution in [1.82, 2.24) is 15.1 Å². The van der Waals surface area contributed by atoms with Crippen LogP contribution in [0.15, 0.2) is 72.8 Å². The molecule has 1 N–H and O–H groups in total.